The third-order valence-electron chi connectivity index (χ3n) is 5.39. The molecule has 0 saturated carbocycles. The molecular formula is C19H29N3. The molecule has 0 aromatic heterocycles. The molecule has 22 heavy (non-hydrogen) atoms. The Morgan fingerprint density at radius 1 is 1.32 bits per heavy atom. The van der Waals surface area contributed by atoms with E-state index in [0.717, 1.165) is 31.0 Å². The van der Waals surface area contributed by atoms with E-state index in [2.05, 4.69) is 66.1 Å². The van der Waals surface area contributed by atoms with Crippen LogP contribution >= 0.6 is 0 Å². The van der Waals surface area contributed by atoms with E-state index in [-0.39, 0.29) is 0 Å². The van der Waals surface area contributed by atoms with Crippen LogP contribution in [0, 0.1) is 11.8 Å². The predicted molar refractivity (Wildman–Crippen MR) is 94.2 cm³/mol. The van der Waals surface area contributed by atoms with Gasteiger partial charge in [0.05, 0.1) is 0 Å². The van der Waals surface area contributed by atoms with Crippen LogP contribution in [0.25, 0.3) is 0 Å². The monoisotopic (exact) mass is 299 g/mol. The first kappa shape index (κ1) is 15.6. The first-order valence-corrected chi connectivity index (χ1v) is 8.51. The summed E-state index contributed by atoms with van der Waals surface area (Å²) in [5.41, 5.74) is 2.63. The Bertz CT molecular complexity index is 494. The van der Waals surface area contributed by atoms with Crippen LogP contribution in [0.2, 0.25) is 0 Å². The molecule has 1 aromatic carbocycles. The second-order valence-electron chi connectivity index (χ2n) is 7.02. The lowest BCUT2D eigenvalue weighted by Gasteiger charge is -2.49. The van der Waals surface area contributed by atoms with Crippen molar-refractivity contribution >= 4 is 5.69 Å². The summed E-state index contributed by atoms with van der Waals surface area (Å²) in [5, 5.41) is 3.66. The van der Waals surface area contributed by atoms with E-state index in [0.29, 0.717) is 0 Å². The molecule has 3 saturated heterocycles. The van der Waals surface area contributed by atoms with Gasteiger partial charge in [-0.25, -0.2) is 0 Å². The largest absolute Gasteiger partial charge is 0.378 e. The molecule has 3 aliphatic rings. The van der Waals surface area contributed by atoms with Gasteiger partial charge in [-0.1, -0.05) is 18.2 Å². The maximum Gasteiger partial charge on any atom is 0.0361 e. The van der Waals surface area contributed by atoms with Crippen molar-refractivity contribution in [3.63, 3.8) is 0 Å². The Morgan fingerprint density at radius 2 is 2.09 bits per heavy atom. The van der Waals surface area contributed by atoms with Gasteiger partial charge in [0, 0.05) is 45.5 Å². The molecule has 3 heterocycles. The fourth-order valence-electron chi connectivity index (χ4n) is 3.95. The molecule has 2 bridgehead atoms. The lowest BCUT2D eigenvalue weighted by atomic mass is 9.75. The van der Waals surface area contributed by atoms with Crippen molar-refractivity contribution in [3.05, 3.63) is 42.5 Å². The lowest BCUT2D eigenvalue weighted by molar-refractivity contribution is 0.0195. The van der Waals surface area contributed by atoms with Gasteiger partial charge < -0.3 is 10.2 Å². The fraction of sp³-hybridized carbons (Fsp3) is 0.579. The molecule has 0 radical (unpaired) electrons. The smallest absolute Gasteiger partial charge is 0.0361 e. The summed E-state index contributed by atoms with van der Waals surface area (Å²) in [7, 11) is 4.16. The summed E-state index contributed by atoms with van der Waals surface area (Å²) < 4.78 is 0. The van der Waals surface area contributed by atoms with Gasteiger partial charge >= 0.3 is 0 Å². The van der Waals surface area contributed by atoms with E-state index in [1.807, 2.05) is 0 Å². The van der Waals surface area contributed by atoms with E-state index >= 15 is 0 Å². The summed E-state index contributed by atoms with van der Waals surface area (Å²) >= 11 is 0. The predicted octanol–water partition coefficient (Wildman–Crippen LogP) is 2.74. The highest BCUT2D eigenvalue weighted by Crippen LogP contribution is 2.36. The van der Waals surface area contributed by atoms with Crippen LogP contribution in [0.1, 0.15) is 18.4 Å². The molecule has 0 amide bonds. The number of piperidine rings is 3. The van der Waals surface area contributed by atoms with Gasteiger partial charge in [-0.2, -0.15) is 0 Å². The molecule has 1 aromatic rings. The molecule has 0 spiro atoms. The Labute approximate surface area is 135 Å². The van der Waals surface area contributed by atoms with E-state index in [1.165, 1.54) is 37.2 Å². The van der Waals surface area contributed by atoms with E-state index in [9.17, 15) is 0 Å². The van der Waals surface area contributed by atoms with Gasteiger partial charge in [0.1, 0.15) is 0 Å². The summed E-state index contributed by atoms with van der Waals surface area (Å²) in [6.45, 7) is 8.57. The number of nitrogens with one attached hydrogen (secondary N) is 1. The molecule has 3 fully saturated rings. The van der Waals surface area contributed by atoms with Crippen molar-refractivity contribution in [1.82, 2.24) is 10.2 Å². The molecule has 4 atom stereocenters. The molecule has 3 heteroatoms. The minimum Gasteiger partial charge on any atom is -0.378 e. The van der Waals surface area contributed by atoms with Crippen LogP contribution in [0.4, 0.5) is 5.69 Å². The zero-order chi connectivity index (χ0) is 15.5. The molecule has 3 nitrogen and oxygen atoms in total. The SMILES string of the molecule is C=C[C@H]1CN2CC[C@H]1C[C@@H]2CNCc1ccc(N(C)C)cc1. The Kier molecular flexibility index (Phi) is 4.84. The first-order chi connectivity index (χ1) is 10.7. The number of hydrogen-bond acceptors (Lipinski definition) is 3. The number of anilines is 1. The van der Waals surface area contributed by atoms with E-state index in [4.69, 9.17) is 0 Å². The fourth-order valence-corrected chi connectivity index (χ4v) is 3.95. The summed E-state index contributed by atoms with van der Waals surface area (Å²) in [4.78, 5) is 4.80. The lowest BCUT2D eigenvalue weighted by Crippen LogP contribution is -2.55. The number of rotatable bonds is 6. The highest BCUT2D eigenvalue weighted by Gasteiger charge is 2.38. The number of hydrogen-bond donors (Lipinski definition) is 1. The van der Waals surface area contributed by atoms with Crippen molar-refractivity contribution in [1.29, 1.82) is 0 Å². The average Bonchev–Trinajstić information content (AvgIpc) is 2.56. The van der Waals surface area contributed by atoms with Crippen LogP contribution in [-0.4, -0.2) is 44.7 Å². The number of nitrogens with zero attached hydrogens (tertiary/aromatic N) is 2. The molecular weight excluding hydrogens is 270 g/mol. The summed E-state index contributed by atoms with van der Waals surface area (Å²) in [6.07, 6.45) is 4.87. The first-order valence-electron chi connectivity index (χ1n) is 8.51. The number of benzene rings is 1. The van der Waals surface area contributed by atoms with Crippen LogP contribution in [-0.2, 0) is 6.54 Å². The Balaban J connectivity index is 1.46. The van der Waals surface area contributed by atoms with Crippen LogP contribution in [0.15, 0.2) is 36.9 Å². The minimum absolute atomic E-state index is 0.719. The van der Waals surface area contributed by atoms with Crippen LogP contribution in [0.3, 0.4) is 0 Å². The van der Waals surface area contributed by atoms with Crippen molar-refractivity contribution in [2.75, 3.05) is 38.6 Å². The van der Waals surface area contributed by atoms with Crippen molar-refractivity contribution in [2.45, 2.75) is 25.4 Å². The van der Waals surface area contributed by atoms with Gasteiger partial charge in [-0.05, 0) is 48.9 Å². The van der Waals surface area contributed by atoms with Crippen molar-refractivity contribution in [2.24, 2.45) is 11.8 Å². The molecule has 3 aliphatic heterocycles. The molecule has 1 unspecified atom stereocenters. The third kappa shape index (κ3) is 3.36. The Hall–Kier alpha value is -1.32. The van der Waals surface area contributed by atoms with Crippen molar-refractivity contribution in [3.8, 4) is 0 Å². The standard InChI is InChI=1S/C19H29N3/c1-4-16-14-22-10-9-17(16)11-19(22)13-20-12-15-5-7-18(8-6-15)21(2)3/h4-8,16-17,19-20H,1,9-14H2,2-3H3/t16-,17-,19+/m0/s1. The highest BCUT2D eigenvalue weighted by molar-refractivity contribution is 5.45. The second kappa shape index (κ2) is 6.84. The van der Waals surface area contributed by atoms with Gasteiger partial charge in [0.2, 0.25) is 0 Å². The maximum absolute atomic E-state index is 4.00. The van der Waals surface area contributed by atoms with Gasteiger partial charge in [0.15, 0.2) is 0 Å². The quantitative estimate of drug-likeness (QED) is 0.815. The highest BCUT2D eigenvalue weighted by atomic mass is 15.2. The Morgan fingerprint density at radius 3 is 2.68 bits per heavy atom. The molecule has 4 rings (SSSR count). The number of fused-ring (bicyclic) bond motifs is 3. The van der Waals surface area contributed by atoms with Gasteiger partial charge in [0.25, 0.3) is 0 Å². The topological polar surface area (TPSA) is 18.5 Å². The summed E-state index contributed by atoms with van der Waals surface area (Å²) in [6, 6.07) is 9.55. The zero-order valence-corrected chi connectivity index (χ0v) is 14.0. The van der Waals surface area contributed by atoms with Crippen molar-refractivity contribution < 1.29 is 0 Å². The van der Waals surface area contributed by atoms with Crippen LogP contribution < -0.4 is 10.2 Å². The summed E-state index contributed by atoms with van der Waals surface area (Å²) in [5.74, 6) is 1.59. The van der Waals surface area contributed by atoms with Gasteiger partial charge in [-0.15, -0.1) is 6.58 Å². The van der Waals surface area contributed by atoms with E-state index < -0.39 is 0 Å². The second-order valence-corrected chi connectivity index (χ2v) is 7.02. The minimum atomic E-state index is 0.719. The average molecular weight is 299 g/mol. The van der Waals surface area contributed by atoms with E-state index in [1.54, 1.807) is 0 Å². The van der Waals surface area contributed by atoms with Gasteiger partial charge in [-0.3, -0.25) is 4.90 Å². The molecule has 1 N–H and O–H groups in total. The normalized spacial score (nSPS) is 30.3. The third-order valence-corrected chi connectivity index (χ3v) is 5.39. The van der Waals surface area contributed by atoms with Crippen LogP contribution in [0.5, 0.6) is 0 Å². The maximum atomic E-state index is 4.00. The molecule has 120 valence electrons. The zero-order valence-electron chi connectivity index (χ0n) is 14.0. The molecule has 0 aliphatic carbocycles.